The molecule has 22 heavy (non-hydrogen) atoms. The number of halogens is 4. The van der Waals surface area contributed by atoms with Crippen molar-refractivity contribution in [3.63, 3.8) is 0 Å². The van der Waals surface area contributed by atoms with Crippen LogP contribution in [0.3, 0.4) is 0 Å². The van der Waals surface area contributed by atoms with Crippen LogP contribution >= 0.6 is 11.6 Å². The van der Waals surface area contributed by atoms with Gasteiger partial charge in [-0.1, -0.05) is 11.6 Å². The van der Waals surface area contributed by atoms with Crippen LogP contribution in [0.25, 0.3) is 6.08 Å². The third-order valence-electron chi connectivity index (χ3n) is 3.50. The Bertz CT molecular complexity index is 579. The lowest BCUT2D eigenvalue weighted by molar-refractivity contribution is -0.137. The van der Waals surface area contributed by atoms with Gasteiger partial charge in [0.2, 0.25) is 5.91 Å². The van der Waals surface area contributed by atoms with Gasteiger partial charge in [-0.15, -0.1) is 0 Å². The molecule has 0 radical (unpaired) electrons. The van der Waals surface area contributed by atoms with Crippen molar-refractivity contribution in [3.8, 4) is 0 Å². The average Bonchev–Trinajstić information content (AvgIpc) is 2.45. The van der Waals surface area contributed by atoms with Gasteiger partial charge in [-0.2, -0.15) is 13.2 Å². The number of carbonyl (C=O) groups is 1. The number of alkyl halides is 3. The van der Waals surface area contributed by atoms with E-state index >= 15 is 0 Å². The van der Waals surface area contributed by atoms with Crippen molar-refractivity contribution in [1.29, 1.82) is 0 Å². The molecular weight excluding hydrogens is 319 g/mol. The van der Waals surface area contributed by atoms with Gasteiger partial charge in [0.15, 0.2) is 0 Å². The molecule has 3 nitrogen and oxygen atoms in total. The Kier molecular flexibility index (Phi) is 5.13. The van der Waals surface area contributed by atoms with Gasteiger partial charge in [0.25, 0.3) is 0 Å². The number of carbonyl (C=O) groups excluding carboxylic acids is 1. The van der Waals surface area contributed by atoms with E-state index in [1.165, 1.54) is 12.2 Å². The smallest absolute Gasteiger partial charge is 0.393 e. The van der Waals surface area contributed by atoms with Crippen LogP contribution in [0.1, 0.15) is 24.0 Å². The van der Waals surface area contributed by atoms with E-state index in [1.54, 1.807) is 4.90 Å². The Morgan fingerprint density at radius 1 is 1.32 bits per heavy atom. The molecule has 0 aromatic heterocycles. The first-order chi connectivity index (χ1) is 10.3. The van der Waals surface area contributed by atoms with E-state index in [9.17, 15) is 23.1 Å². The van der Waals surface area contributed by atoms with Crippen LogP contribution in [-0.2, 0) is 11.0 Å². The minimum absolute atomic E-state index is 0.141. The van der Waals surface area contributed by atoms with Crippen LogP contribution in [0.2, 0.25) is 5.02 Å². The molecule has 1 saturated heterocycles. The van der Waals surface area contributed by atoms with Gasteiger partial charge < -0.3 is 10.0 Å². The molecule has 1 aromatic carbocycles. The van der Waals surface area contributed by atoms with Gasteiger partial charge in [-0.05, 0) is 42.7 Å². The normalized spacial score (nSPS) is 17.2. The largest absolute Gasteiger partial charge is 0.416 e. The second-order valence-corrected chi connectivity index (χ2v) is 5.53. The minimum atomic E-state index is -4.46. The van der Waals surface area contributed by atoms with E-state index in [0.717, 1.165) is 18.2 Å². The van der Waals surface area contributed by atoms with E-state index in [4.69, 9.17) is 11.6 Å². The highest BCUT2D eigenvalue weighted by atomic mass is 35.5. The topological polar surface area (TPSA) is 40.5 Å². The second kappa shape index (κ2) is 6.71. The zero-order chi connectivity index (χ0) is 16.3. The van der Waals surface area contributed by atoms with Gasteiger partial charge in [-0.25, -0.2) is 0 Å². The Morgan fingerprint density at radius 3 is 2.55 bits per heavy atom. The minimum Gasteiger partial charge on any atom is -0.393 e. The molecule has 1 heterocycles. The molecule has 0 saturated carbocycles. The molecule has 1 aliphatic rings. The average molecular weight is 334 g/mol. The molecule has 1 fully saturated rings. The molecule has 120 valence electrons. The van der Waals surface area contributed by atoms with E-state index in [1.807, 2.05) is 0 Å². The van der Waals surface area contributed by atoms with E-state index in [-0.39, 0.29) is 16.5 Å². The Hall–Kier alpha value is -1.53. The quantitative estimate of drug-likeness (QED) is 0.843. The Morgan fingerprint density at radius 2 is 1.95 bits per heavy atom. The molecule has 2 rings (SSSR count). The fraction of sp³-hybridized carbons (Fsp3) is 0.400. The third-order valence-corrected chi connectivity index (χ3v) is 3.85. The fourth-order valence-electron chi connectivity index (χ4n) is 2.20. The standard InChI is InChI=1S/C15H15ClF3NO2/c16-13-3-2-11(15(17,18)19)9-10(13)1-4-14(22)20-7-5-12(21)6-8-20/h1-4,9,12,21H,5-8H2/b4-1+. The summed E-state index contributed by atoms with van der Waals surface area (Å²) in [4.78, 5) is 13.5. The summed E-state index contributed by atoms with van der Waals surface area (Å²) in [5.74, 6) is -0.305. The first kappa shape index (κ1) is 16.8. The van der Waals surface area contributed by atoms with Crippen molar-refractivity contribution in [3.05, 3.63) is 40.4 Å². The molecule has 0 bridgehead atoms. The summed E-state index contributed by atoms with van der Waals surface area (Å²) in [6.45, 7) is 0.862. The highest BCUT2D eigenvalue weighted by Crippen LogP contribution is 2.32. The van der Waals surface area contributed by atoms with Crippen LogP contribution < -0.4 is 0 Å². The molecule has 1 aliphatic heterocycles. The van der Waals surface area contributed by atoms with Gasteiger partial charge in [-0.3, -0.25) is 4.79 Å². The van der Waals surface area contributed by atoms with Crippen molar-refractivity contribution >= 4 is 23.6 Å². The molecule has 0 aliphatic carbocycles. The van der Waals surface area contributed by atoms with Crippen LogP contribution in [0.5, 0.6) is 0 Å². The summed E-state index contributed by atoms with van der Waals surface area (Å²) in [5.41, 5.74) is -0.674. The lowest BCUT2D eigenvalue weighted by Crippen LogP contribution is -2.39. The summed E-state index contributed by atoms with van der Waals surface area (Å²) >= 11 is 5.86. The number of aliphatic hydroxyl groups excluding tert-OH is 1. The molecular formula is C15H15ClF3NO2. The van der Waals surface area contributed by atoms with Crippen molar-refractivity contribution < 1.29 is 23.1 Å². The monoisotopic (exact) mass is 333 g/mol. The highest BCUT2D eigenvalue weighted by molar-refractivity contribution is 6.32. The van der Waals surface area contributed by atoms with Gasteiger partial charge in [0, 0.05) is 24.2 Å². The van der Waals surface area contributed by atoms with Crippen molar-refractivity contribution in [2.75, 3.05) is 13.1 Å². The number of nitrogens with zero attached hydrogens (tertiary/aromatic N) is 1. The number of rotatable bonds is 2. The number of aliphatic hydroxyl groups is 1. The van der Waals surface area contributed by atoms with Crippen molar-refractivity contribution in [2.45, 2.75) is 25.1 Å². The van der Waals surface area contributed by atoms with Gasteiger partial charge >= 0.3 is 6.18 Å². The van der Waals surface area contributed by atoms with Crippen LogP contribution in [0.4, 0.5) is 13.2 Å². The van der Waals surface area contributed by atoms with Crippen LogP contribution in [0, 0.1) is 0 Å². The Labute approximate surface area is 131 Å². The predicted octanol–water partition coefficient (Wildman–Crippen LogP) is 3.36. The summed E-state index contributed by atoms with van der Waals surface area (Å²) in [6, 6.07) is 2.96. The molecule has 0 spiro atoms. The van der Waals surface area contributed by atoms with Gasteiger partial charge in [0.1, 0.15) is 0 Å². The number of likely N-dealkylation sites (tertiary alicyclic amines) is 1. The zero-order valence-electron chi connectivity index (χ0n) is 11.6. The first-order valence-electron chi connectivity index (χ1n) is 6.79. The predicted molar refractivity (Wildman–Crippen MR) is 77.3 cm³/mol. The Balaban J connectivity index is 2.11. The van der Waals surface area contributed by atoms with Crippen LogP contribution in [0.15, 0.2) is 24.3 Å². The van der Waals surface area contributed by atoms with Crippen molar-refractivity contribution in [1.82, 2.24) is 4.90 Å². The maximum absolute atomic E-state index is 12.7. The van der Waals surface area contributed by atoms with E-state index < -0.39 is 17.8 Å². The second-order valence-electron chi connectivity index (χ2n) is 5.12. The number of amides is 1. The molecule has 7 heteroatoms. The number of piperidine rings is 1. The van der Waals surface area contributed by atoms with E-state index in [2.05, 4.69) is 0 Å². The van der Waals surface area contributed by atoms with Gasteiger partial charge in [0.05, 0.1) is 11.7 Å². The summed E-state index contributed by atoms with van der Waals surface area (Å²) < 4.78 is 38.0. The molecule has 1 aromatic rings. The number of hydrogen-bond acceptors (Lipinski definition) is 2. The molecule has 0 atom stereocenters. The molecule has 0 unspecified atom stereocenters. The third kappa shape index (κ3) is 4.24. The highest BCUT2D eigenvalue weighted by Gasteiger charge is 2.30. The lowest BCUT2D eigenvalue weighted by atomic mass is 10.1. The number of hydrogen-bond donors (Lipinski definition) is 1. The van der Waals surface area contributed by atoms with Crippen LogP contribution in [-0.4, -0.2) is 35.1 Å². The van der Waals surface area contributed by atoms with Crippen molar-refractivity contribution in [2.24, 2.45) is 0 Å². The summed E-state index contributed by atoms with van der Waals surface area (Å²) in [6.07, 6.45) is -1.36. The molecule has 1 N–H and O–H groups in total. The van der Waals surface area contributed by atoms with E-state index in [0.29, 0.717) is 25.9 Å². The maximum Gasteiger partial charge on any atom is 0.416 e. The first-order valence-corrected chi connectivity index (χ1v) is 7.17. The summed E-state index contributed by atoms with van der Waals surface area (Å²) in [7, 11) is 0. The SMILES string of the molecule is O=C(/C=C/c1cc(C(F)(F)F)ccc1Cl)N1CCC(O)CC1. The fourth-order valence-corrected chi connectivity index (χ4v) is 2.38. The molecule has 1 amide bonds. The number of benzene rings is 1. The maximum atomic E-state index is 12.7. The lowest BCUT2D eigenvalue weighted by Gasteiger charge is -2.28. The summed E-state index contributed by atoms with van der Waals surface area (Å²) in [5, 5.41) is 9.52. The zero-order valence-corrected chi connectivity index (χ0v) is 12.4.